The van der Waals surface area contributed by atoms with Crippen molar-refractivity contribution in [1.29, 1.82) is 0 Å². The van der Waals surface area contributed by atoms with E-state index in [1.165, 1.54) is 0 Å². The number of hydrogen-bond donors (Lipinski definition) is 1. The molecule has 0 saturated carbocycles. The molecule has 1 unspecified atom stereocenters. The molecule has 0 fully saturated rings. The van der Waals surface area contributed by atoms with Crippen LogP contribution in [0.4, 0.5) is 5.69 Å². The van der Waals surface area contributed by atoms with Gasteiger partial charge in [0.1, 0.15) is 11.5 Å². The van der Waals surface area contributed by atoms with Crippen LogP contribution in [0.1, 0.15) is 31.9 Å². The molecule has 4 nitrogen and oxygen atoms in total. The van der Waals surface area contributed by atoms with Crippen molar-refractivity contribution in [2.24, 2.45) is 5.92 Å². The van der Waals surface area contributed by atoms with Crippen LogP contribution in [-0.4, -0.2) is 18.6 Å². The van der Waals surface area contributed by atoms with E-state index in [9.17, 15) is 4.79 Å². The van der Waals surface area contributed by atoms with Crippen molar-refractivity contribution in [3.05, 3.63) is 53.6 Å². The van der Waals surface area contributed by atoms with Crippen LogP contribution in [0.5, 0.6) is 11.5 Å². The Labute approximate surface area is 150 Å². The molecule has 1 amide bonds. The highest BCUT2D eigenvalue weighted by Crippen LogP contribution is 2.22. The predicted octanol–water partition coefficient (Wildman–Crippen LogP) is 4.74. The number of nitrogens with one attached hydrogen (secondary N) is 1. The number of carbonyl (C=O) groups is 1. The van der Waals surface area contributed by atoms with E-state index < -0.39 is 6.10 Å². The molecule has 2 aromatic rings. The van der Waals surface area contributed by atoms with Crippen molar-refractivity contribution in [3.8, 4) is 11.5 Å². The maximum absolute atomic E-state index is 12.4. The molecule has 0 aromatic heterocycles. The number of rotatable bonds is 7. The topological polar surface area (TPSA) is 47.6 Å². The summed E-state index contributed by atoms with van der Waals surface area (Å²) in [6.45, 7) is 10.5. The van der Waals surface area contributed by atoms with E-state index in [2.05, 4.69) is 19.2 Å². The van der Waals surface area contributed by atoms with Gasteiger partial charge >= 0.3 is 0 Å². The van der Waals surface area contributed by atoms with Gasteiger partial charge in [-0.05, 0) is 56.0 Å². The molecule has 2 rings (SSSR count). The molecule has 0 bridgehead atoms. The van der Waals surface area contributed by atoms with Crippen LogP contribution in [0.3, 0.4) is 0 Å². The van der Waals surface area contributed by atoms with Gasteiger partial charge in [0.25, 0.3) is 5.91 Å². The Balaban J connectivity index is 1.99. The SMILES string of the molecule is Cc1ccc(C)c(OC(C)C(=O)Nc2cccc(OCC(C)C)c2)c1. The molecule has 4 heteroatoms. The number of aryl methyl sites for hydroxylation is 2. The molecule has 1 atom stereocenters. The second-order valence-electron chi connectivity index (χ2n) is 6.75. The molecule has 0 heterocycles. The molecule has 0 saturated heterocycles. The van der Waals surface area contributed by atoms with Crippen LogP contribution in [0.25, 0.3) is 0 Å². The summed E-state index contributed by atoms with van der Waals surface area (Å²) in [6, 6.07) is 13.4. The molecule has 2 aromatic carbocycles. The smallest absolute Gasteiger partial charge is 0.265 e. The minimum absolute atomic E-state index is 0.193. The molecule has 25 heavy (non-hydrogen) atoms. The van der Waals surface area contributed by atoms with Gasteiger partial charge in [0.15, 0.2) is 6.10 Å². The number of hydrogen-bond acceptors (Lipinski definition) is 3. The second kappa shape index (κ2) is 8.56. The monoisotopic (exact) mass is 341 g/mol. The van der Waals surface area contributed by atoms with E-state index in [0.29, 0.717) is 18.2 Å². The zero-order chi connectivity index (χ0) is 18.4. The van der Waals surface area contributed by atoms with Crippen molar-refractivity contribution < 1.29 is 14.3 Å². The van der Waals surface area contributed by atoms with Crippen molar-refractivity contribution in [1.82, 2.24) is 0 Å². The quantitative estimate of drug-likeness (QED) is 0.791. The second-order valence-corrected chi connectivity index (χ2v) is 6.75. The lowest BCUT2D eigenvalue weighted by atomic mass is 10.1. The van der Waals surface area contributed by atoms with Crippen LogP contribution >= 0.6 is 0 Å². The first-order valence-electron chi connectivity index (χ1n) is 8.63. The van der Waals surface area contributed by atoms with Crippen molar-refractivity contribution >= 4 is 11.6 Å². The molecule has 0 radical (unpaired) electrons. The van der Waals surface area contributed by atoms with E-state index in [1.54, 1.807) is 6.92 Å². The first-order valence-corrected chi connectivity index (χ1v) is 8.63. The Morgan fingerprint density at radius 2 is 1.84 bits per heavy atom. The molecular weight excluding hydrogens is 314 g/mol. The van der Waals surface area contributed by atoms with Crippen LogP contribution in [-0.2, 0) is 4.79 Å². The summed E-state index contributed by atoms with van der Waals surface area (Å²) in [5.74, 6) is 1.73. The van der Waals surface area contributed by atoms with Gasteiger partial charge in [-0.1, -0.05) is 32.0 Å². The predicted molar refractivity (Wildman–Crippen MR) is 101 cm³/mol. The molecule has 1 N–H and O–H groups in total. The van der Waals surface area contributed by atoms with Gasteiger partial charge in [0.2, 0.25) is 0 Å². The summed E-state index contributed by atoms with van der Waals surface area (Å²) in [7, 11) is 0. The van der Waals surface area contributed by atoms with Crippen molar-refractivity contribution in [2.75, 3.05) is 11.9 Å². The van der Waals surface area contributed by atoms with Gasteiger partial charge in [-0.25, -0.2) is 0 Å². The Morgan fingerprint density at radius 3 is 2.56 bits per heavy atom. The van der Waals surface area contributed by atoms with E-state index in [4.69, 9.17) is 9.47 Å². The largest absolute Gasteiger partial charge is 0.493 e. The number of benzene rings is 2. The lowest BCUT2D eigenvalue weighted by Gasteiger charge is -2.17. The van der Waals surface area contributed by atoms with Crippen LogP contribution in [0, 0.1) is 19.8 Å². The van der Waals surface area contributed by atoms with Crippen molar-refractivity contribution in [2.45, 2.75) is 40.7 Å². The molecule has 0 aliphatic rings. The lowest BCUT2D eigenvalue weighted by Crippen LogP contribution is -2.30. The number of anilines is 1. The summed E-state index contributed by atoms with van der Waals surface area (Å²) in [6.07, 6.45) is -0.597. The maximum Gasteiger partial charge on any atom is 0.265 e. The minimum atomic E-state index is -0.597. The third-order valence-electron chi connectivity index (χ3n) is 3.70. The number of carbonyl (C=O) groups excluding carboxylic acids is 1. The van der Waals surface area contributed by atoms with Gasteiger partial charge in [-0.15, -0.1) is 0 Å². The average molecular weight is 341 g/mol. The number of ether oxygens (including phenoxy) is 2. The highest BCUT2D eigenvalue weighted by atomic mass is 16.5. The fourth-order valence-corrected chi connectivity index (χ4v) is 2.25. The summed E-state index contributed by atoms with van der Waals surface area (Å²) in [5.41, 5.74) is 2.81. The summed E-state index contributed by atoms with van der Waals surface area (Å²) >= 11 is 0. The first-order chi connectivity index (χ1) is 11.8. The molecular formula is C21H27NO3. The first kappa shape index (κ1) is 18.8. The molecule has 0 spiro atoms. The normalized spacial score (nSPS) is 11.9. The van der Waals surface area contributed by atoms with E-state index in [0.717, 1.165) is 22.6 Å². The van der Waals surface area contributed by atoms with Gasteiger partial charge in [0, 0.05) is 11.8 Å². The maximum atomic E-state index is 12.4. The third-order valence-corrected chi connectivity index (χ3v) is 3.70. The number of amides is 1. The fraction of sp³-hybridized carbons (Fsp3) is 0.381. The van der Waals surface area contributed by atoms with E-state index in [1.807, 2.05) is 56.3 Å². The van der Waals surface area contributed by atoms with Gasteiger partial charge < -0.3 is 14.8 Å². The lowest BCUT2D eigenvalue weighted by molar-refractivity contribution is -0.122. The van der Waals surface area contributed by atoms with Gasteiger partial charge in [0.05, 0.1) is 6.61 Å². The molecule has 0 aliphatic heterocycles. The average Bonchev–Trinajstić information content (AvgIpc) is 2.56. The Kier molecular flexibility index (Phi) is 6.45. The van der Waals surface area contributed by atoms with Crippen LogP contribution in [0.15, 0.2) is 42.5 Å². The third kappa shape index (κ3) is 5.82. The zero-order valence-corrected chi connectivity index (χ0v) is 15.6. The van der Waals surface area contributed by atoms with E-state index in [-0.39, 0.29) is 5.91 Å². The minimum Gasteiger partial charge on any atom is -0.493 e. The standard InChI is InChI=1S/C21H27NO3/c1-14(2)13-24-19-8-6-7-18(12-19)22-21(23)17(5)25-20-11-15(3)9-10-16(20)4/h6-12,14,17H,13H2,1-5H3,(H,22,23). The fourth-order valence-electron chi connectivity index (χ4n) is 2.25. The van der Waals surface area contributed by atoms with Crippen LogP contribution in [0.2, 0.25) is 0 Å². The summed E-state index contributed by atoms with van der Waals surface area (Å²) in [5, 5.41) is 2.88. The van der Waals surface area contributed by atoms with Crippen molar-refractivity contribution in [3.63, 3.8) is 0 Å². The summed E-state index contributed by atoms with van der Waals surface area (Å²) in [4.78, 5) is 12.4. The Morgan fingerprint density at radius 1 is 1.08 bits per heavy atom. The summed E-state index contributed by atoms with van der Waals surface area (Å²) < 4.78 is 11.5. The van der Waals surface area contributed by atoms with Gasteiger partial charge in [-0.2, -0.15) is 0 Å². The zero-order valence-electron chi connectivity index (χ0n) is 15.6. The highest BCUT2D eigenvalue weighted by molar-refractivity contribution is 5.94. The molecule has 0 aliphatic carbocycles. The Bertz CT molecular complexity index is 725. The molecule has 134 valence electrons. The van der Waals surface area contributed by atoms with Crippen LogP contribution < -0.4 is 14.8 Å². The van der Waals surface area contributed by atoms with E-state index >= 15 is 0 Å². The Hall–Kier alpha value is -2.49. The highest BCUT2D eigenvalue weighted by Gasteiger charge is 2.16. The van der Waals surface area contributed by atoms with Gasteiger partial charge in [-0.3, -0.25) is 4.79 Å².